The van der Waals surface area contributed by atoms with Gasteiger partial charge in [0.15, 0.2) is 0 Å². The third-order valence-electron chi connectivity index (χ3n) is 3.20. The fourth-order valence-corrected chi connectivity index (χ4v) is 3.69. The number of imidazole rings is 1. The summed E-state index contributed by atoms with van der Waals surface area (Å²) in [5.74, 6) is 0.439. The average Bonchev–Trinajstić information content (AvgIpc) is 3.13. The third kappa shape index (κ3) is 3.58. The fraction of sp³-hybridized carbons (Fsp3) is 0.143. The summed E-state index contributed by atoms with van der Waals surface area (Å²) in [5, 5.41) is 9.22. The molecule has 2 heterocycles. The predicted octanol–water partition coefficient (Wildman–Crippen LogP) is 1.24. The molecule has 4 N–H and O–H groups in total. The van der Waals surface area contributed by atoms with E-state index >= 15 is 0 Å². The number of aromatic amines is 1. The van der Waals surface area contributed by atoms with Crippen LogP contribution in [0.5, 0.6) is 0 Å². The van der Waals surface area contributed by atoms with E-state index in [1.54, 1.807) is 0 Å². The van der Waals surface area contributed by atoms with Crippen molar-refractivity contribution in [1.29, 1.82) is 0 Å². The molecule has 7 nitrogen and oxygen atoms in total. The summed E-state index contributed by atoms with van der Waals surface area (Å²) >= 11 is 0.925. The molecule has 0 aliphatic carbocycles. The minimum Gasteiger partial charge on any atom is -0.352 e. The van der Waals surface area contributed by atoms with Crippen molar-refractivity contribution in [1.82, 2.24) is 15.3 Å². The first kappa shape index (κ1) is 15.7. The number of amides is 1. The van der Waals surface area contributed by atoms with Gasteiger partial charge in [-0.25, -0.2) is 18.5 Å². The molecule has 0 bridgehead atoms. The molecule has 3 aromatic rings. The Hall–Kier alpha value is -2.23. The average molecular weight is 350 g/mol. The van der Waals surface area contributed by atoms with Crippen molar-refractivity contribution in [2.45, 2.75) is 10.6 Å². The number of thiophene rings is 1. The van der Waals surface area contributed by atoms with E-state index in [1.165, 1.54) is 11.4 Å². The number of aromatic nitrogens is 2. The highest BCUT2D eigenvalue weighted by Crippen LogP contribution is 2.18. The second-order valence-electron chi connectivity index (χ2n) is 4.91. The number of fused-ring (bicyclic) bond motifs is 1. The lowest BCUT2D eigenvalue weighted by atomic mass is 10.3. The number of nitrogens with two attached hydrogens (primary N) is 1. The van der Waals surface area contributed by atoms with Crippen molar-refractivity contribution in [3.05, 3.63) is 47.1 Å². The van der Waals surface area contributed by atoms with Crippen LogP contribution in [0.15, 0.2) is 39.9 Å². The molecule has 0 saturated carbocycles. The number of rotatable bonds is 5. The van der Waals surface area contributed by atoms with Gasteiger partial charge in [-0.3, -0.25) is 4.79 Å². The summed E-state index contributed by atoms with van der Waals surface area (Å²) in [6.45, 7) is 0.388. The quantitative estimate of drug-likeness (QED) is 0.641. The molecule has 0 aliphatic heterocycles. The number of nitrogens with one attached hydrogen (secondary N) is 2. The summed E-state index contributed by atoms with van der Waals surface area (Å²) in [5.41, 5.74) is 2.11. The zero-order valence-electron chi connectivity index (χ0n) is 11.9. The van der Waals surface area contributed by atoms with Crippen LogP contribution >= 0.6 is 11.3 Å². The lowest BCUT2D eigenvalue weighted by molar-refractivity contribution is 0.0954. The number of hydrogen-bond donors (Lipinski definition) is 3. The molecular formula is C14H14N4O3S2. The van der Waals surface area contributed by atoms with Gasteiger partial charge in [-0.2, -0.15) is 0 Å². The molecule has 3 rings (SSSR count). The van der Waals surface area contributed by atoms with E-state index in [9.17, 15) is 13.2 Å². The summed E-state index contributed by atoms with van der Waals surface area (Å²) in [6.07, 6.45) is 0.548. The minimum absolute atomic E-state index is 0.0278. The van der Waals surface area contributed by atoms with Crippen LogP contribution in [-0.2, 0) is 16.4 Å². The molecule has 0 aliphatic rings. The fourth-order valence-electron chi connectivity index (χ4n) is 2.11. The molecule has 0 radical (unpaired) electrons. The zero-order chi connectivity index (χ0) is 16.4. The van der Waals surface area contributed by atoms with Crippen LogP contribution in [0, 0.1) is 0 Å². The number of benzene rings is 1. The highest BCUT2D eigenvalue weighted by Gasteiger charge is 2.15. The summed E-state index contributed by atoms with van der Waals surface area (Å²) in [6, 6.07) is 8.95. The van der Waals surface area contributed by atoms with Crippen LogP contribution in [0.3, 0.4) is 0 Å². The number of hydrogen-bond acceptors (Lipinski definition) is 5. The van der Waals surface area contributed by atoms with Crippen LogP contribution in [0.25, 0.3) is 11.0 Å². The van der Waals surface area contributed by atoms with Gasteiger partial charge >= 0.3 is 0 Å². The van der Waals surface area contributed by atoms with Crippen molar-refractivity contribution < 1.29 is 13.2 Å². The molecule has 9 heteroatoms. The highest BCUT2D eigenvalue weighted by molar-refractivity contribution is 7.91. The Bertz CT molecular complexity index is 926. The number of primary sulfonamides is 1. The van der Waals surface area contributed by atoms with Crippen LogP contribution < -0.4 is 10.5 Å². The maximum atomic E-state index is 12.0. The summed E-state index contributed by atoms with van der Waals surface area (Å²) < 4.78 is 22.4. The second-order valence-corrected chi connectivity index (χ2v) is 7.61. The molecular weight excluding hydrogens is 336 g/mol. The maximum absolute atomic E-state index is 12.0. The predicted molar refractivity (Wildman–Crippen MR) is 87.8 cm³/mol. The van der Waals surface area contributed by atoms with Gasteiger partial charge in [0.05, 0.1) is 16.6 Å². The molecule has 1 amide bonds. The highest BCUT2D eigenvalue weighted by atomic mass is 32.2. The first-order chi connectivity index (χ1) is 10.9. The van der Waals surface area contributed by atoms with Gasteiger partial charge in [-0.15, -0.1) is 11.3 Å². The Kier molecular flexibility index (Phi) is 4.16. The summed E-state index contributed by atoms with van der Waals surface area (Å²) in [7, 11) is -3.77. The smallest absolute Gasteiger partial charge is 0.252 e. The molecule has 0 fully saturated rings. The molecule has 0 spiro atoms. The van der Waals surface area contributed by atoms with Gasteiger partial charge in [0.1, 0.15) is 10.0 Å². The lowest BCUT2D eigenvalue weighted by Gasteiger charge is -2.01. The number of nitrogens with zero attached hydrogens (tertiary/aromatic N) is 1. The van der Waals surface area contributed by atoms with Crippen molar-refractivity contribution in [2.75, 3.05) is 6.54 Å². The first-order valence-corrected chi connectivity index (χ1v) is 9.19. The molecule has 0 atom stereocenters. The van der Waals surface area contributed by atoms with E-state index in [0.717, 1.165) is 28.2 Å². The van der Waals surface area contributed by atoms with E-state index in [1.807, 2.05) is 24.3 Å². The van der Waals surface area contributed by atoms with Crippen LogP contribution in [0.1, 0.15) is 16.2 Å². The second kappa shape index (κ2) is 6.11. The Balaban J connectivity index is 1.59. The van der Waals surface area contributed by atoms with E-state index in [4.69, 9.17) is 5.14 Å². The molecule has 2 aromatic heterocycles. The Morgan fingerprint density at radius 2 is 2.13 bits per heavy atom. The van der Waals surface area contributed by atoms with Gasteiger partial charge in [0.25, 0.3) is 5.91 Å². The Morgan fingerprint density at radius 1 is 1.35 bits per heavy atom. The molecule has 1 aromatic carbocycles. The van der Waals surface area contributed by atoms with Crippen molar-refractivity contribution in [3.8, 4) is 0 Å². The SMILES string of the molecule is NS(=O)(=O)c1cc(C(=O)NCCc2nc3ccccc3[nH]2)cs1. The summed E-state index contributed by atoms with van der Waals surface area (Å²) in [4.78, 5) is 19.6. The number of H-pyrrole nitrogens is 1. The Morgan fingerprint density at radius 3 is 2.83 bits per heavy atom. The van der Waals surface area contributed by atoms with Gasteiger partial charge < -0.3 is 10.3 Å². The molecule has 0 saturated heterocycles. The van der Waals surface area contributed by atoms with Gasteiger partial charge in [-0.1, -0.05) is 12.1 Å². The van der Waals surface area contributed by atoms with E-state index in [-0.39, 0.29) is 15.7 Å². The van der Waals surface area contributed by atoms with E-state index < -0.39 is 10.0 Å². The minimum atomic E-state index is -3.77. The van der Waals surface area contributed by atoms with Crippen molar-refractivity contribution in [3.63, 3.8) is 0 Å². The third-order valence-corrected chi connectivity index (χ3v) is 5.59. The van der Waals surface area contributed by atoms with Crippen LogP contribution in [0.4, 0.5) is 0 Å². The van der Waals surface area contributed by atoms with E-state index in [2.05, 4.69) is 15.3 Å². The van der Waals surface area contributed by atoms with E-state index in [0.29, 0.717) is 13.0 Å². The molecule has 23 heavy (non-hydrogen) atoms. The number of para-hydroxylation sites is 2. The first-order valence-electron chi connectivity index (χ1n) is 6.76. The molecule has 0 unspecified atom stereocenters. The standard InChI is InChI=1S/C14H14N4O3S2/c15-23(20,21)13-7-9(8-22-13)14(19)16-6-5-12-17-10-3-1-2-4-11(10)18-12/h1-4,7-8H,5-6H2,(H,16,19)(H,17,18)(H2,15,20,21). The molecule has 120 valence electrons. The van der Waals surface area contributed by atoms with Gasteiger partial charge in [0.2, 0.25) is 10.0 Å². The number of carbonyl (C=O) groups excluding carboxylic acids is 1. The monoisotopic (exact) mass is 350 g/mol. The Labute approximate surface area is 136 Å². The van der Waals surface area contributed by atoms with Crippen LogP contribution in [0.2, 0.25) is 0 Å². The van der Waals surface area contributed by atoms with Gasteiger partial charge in [0, 0.05) is 18.3 Å². The van der Waals surface area contributed by atoms with Gasteiger partial charge in [-0.05, 0) is 18.2 Å². The normalized spacial score (nSPS) is 11.7. The van der Waals surface area contributed by atoms with Crippen molar-refractivity contribution in [2.24, 2.45) is 5.14 Å². The number of sulfonamides is 1. The maximum Gasteiger partial charge on any atom is 0.252 e. The topological polar surface area (TPSA) is 118 Å². The lowest BCUT2D eigenvalue weighted by Crippen LogP contribution is -2.25. The largest absolute Gasteiger partial charge is 0.352 e. The number of carbonyl (C=O) groups is 1. The van der Waals surface area contributed by atoms with Crippen LogP contribution in [-0.4, -0.2) is 30.8 Å². The van der Waals surface area contributed by atoms with Crippen molar-refractivity contribution >= 4 is 38.3 Å². The zero-order valence-corrected chi connectivity index (χ0v) is 13.6.